The molecular weight excluding hydrogens is 234 g/mol. The van der Waals surface area contributed by atoms with Crippen LogP contribution in [-0.4, -0.2) is 16.2 Å². The van der Waals surface area contributed by atoms with E-state index in [0.29, 0.717) is 6.54 Å². The third kappa shape index (κ3) is 3.70. The number of nitrogens with one attached hydrogen (secondary N) is 1. The van der Waals surface area contributed by atoms with Gasteiger partial charge in [-0.05, 0) is 51.8 Å². The Morgan fingerprint density at radius 2 is 1.82 bits per heavy atom. The van der Waals surface area contributed by atoms with Crippen molar-refractivity contribution in [2.75, 3.05) is 0 Å². The number of hydrogen-bond donors (Lipinski definition) is 2. The average molecular weight is 256 g/mol. The lowest BCUT2D eigenvalue weighted by Gasteiger charge is -2.38. The number of halogens is 1. The third-order valence-corrected chi connectivity index (χ3v) is 3.91. The van der Waals surface area contributed by atoms with Crippen molar-refractivity contribution in [2.24, 2.45) is 0 Å². The SMILES string of the molecule is Cc1ccc(CNC(C)(C)C(C)(C)O)cc1Cl. The van der Waals surface area contributed by atoms with Gasteiger partial charge in [0.25, 0.3) is 0 Å². The molecule has 0 bridgehead atoms. The molecule has 0 atom stereocenters. The average Bonchev–Trinajstić information content (AvgIpc) is 2.18. The summed E-state index contributed by atoms with van der Waals surface area (Å²) in [6, 6.07) is 6.02. The van der Waals surface area contributed by atoms with E-state index in [1.54, 1.807) is 0 Å². The Hall–Kier alpha value is -0.570. The maximum atomic E-state index is 10.0. The molecule has 0 aliphatic carbocycles. The van der Waals surface area contributed by atoms with Gasteiger partial charge in [-0.15, -0.1) is 0 Å². The molecule has 0 radical (unpaired) electrons. The fourth-order valence-corrected chi connectivity index (χ4v) is 1.49. The molecule has 0 amide bonds. The zero-order valence-corrected chi connectivity index (χ0v) is 12.0. The van der Waals surface area contributed by atoms with E-state index in [1.807, 2.05) is 46.8 Å². The first kappa shape index (κ1) is 14.5. The molecule has 0 aromatic heterocycles. The summed E-state index contributed by atoms with van der Waals surface area (Å²) < 4.78 is 0. The molecule has 0 heterocycles. The van der Waals surface area contributed by atoms with Crippen LogP contribution >= 0.6 is 11.6 Å². The van der Waals surface area contributed by atoms with Crippen molar-refractivity contribution in [2.45, 2.75) is 52.3 Å². The van der Waals surface area contributed by atoms with Gasteiger partial charge >= 0.3 is 0 Å². The molecule has 0 aliphatic rings. The third-order valence-electron chi connectivity index (χ3n) is 3.50. The van der Waals surface area contributed by atoms with Crippen LogP contribution in [0.15, 0.2) is 18.2 Å². The summed E-state index contributed by atoms with van der Waals surface area (Å²) in [7, 11) is 0. The molecule has 0 fully saturated rings. The first-order valence-corrected chi connectivity index (χ1v) is 6.24. The molecule has 0 saturated heterocycles. The van der Waals surface area contributed by atoms with E-state index in [4.69, 9.17) is 11.6 Å². The van der Waals surface area contributed by atoms with Crippen molar-refractivity contribution < 1.29 is 5.11 Å². The summed E-state index contributed by atoms with van der Waals surface area (Å²) in [5.74, 6) is 0. The highest BCUT2D eigenvalue weighted by atomic mass is 35.5. The number of aryl methyl sites for hydroxylation is 1. The van der Waals surface area contributed by atoms with E-state index in [-0.39, 0.29) is 5.54 Å². The summed E-state index contributed by atoms with van der Waals surface area (Å²) in [5.41, 5.74) is 1.07. The normalized spacial score (nSPS) is 12.9. The van der Waals surface area contributed by atoms with E-state index in [0.717, 1.165) is 16.1 Å². The van der Waals surface area contributed by atoms with Crippen LogP contribution in [0.1, 0.15) is 38.8 Å². The Morgan fingerprint density at radius 3 is 2.29 bits per heavy atom. The van der Waals surface area contributed by atoms with Gasteiger partial charge in [0.1, 0.15) is 0 Å². The van der Waals surface area contributed by atoms with Gasteiger partial charge in [0, 0.05) is 17.1 Å². The standard InChI is InChI=1S/C14H22ClNO/c1-10-6-7-11(8-12(10)15)9-16-13(2,3)14(4,5)17/h6-8,16-17H,9H2,1-5H3. The van der Waals surface area contributed by atoms with Gasteiger partial charge in [-0.2, -0.15) is 0 Å². The molecule has 0 saturated carbocycles. The lowest BCUT2D eigenvalue weighted by molar-refractivity contribution is -0.00531. The van der Waals surface area contributed by atoms with Crippen molar-refractivity contribution in [1.82, 2.24) is 5.32 Å². The Bertz CT molecular complexity index is 394. The Morgan fingerprint density at radius 1 is 1.24 bits per heavy atom. The Labute approximate surface area is 109 Å². The lowest BCUT2D eigenvalue weighted by atomic mass is 9.86. The van der Waals surface area contributed by atoms with Crippen molar-refractivity contribution in [3.05, 3.63) is 34.3 Å². The van der Waals surface area contributed by atoms with Crippen LogP contribution in [0.25, 0.3) is 0 Å². The quantitative estimate of drug-likeness (QED) is 0.865. The highest BCUT2D eigenvalue weighted by Crippen LogP contribution is 2.22. The smallest absolute Gasteiger partial charge is 0.0767 e. The summed E-state index contributed by atoms with van der Waals surface area (Å²) in [5, 5.41) is 14.2. The van der Waals surface area contributed by atoms with Gasteiger partial charge < -0.3 is 10.4 Å². The zero-order chi connectivity index (χ0) is 13.3. The fraction of sp³-hybridized carbons (Fsp3) is 0.571. The van der Waals surface area contributed by atoms with Crippen LogP contribution < -0.4 is 5.32 Å². The second-order valence-corrected chi connectivity index (χ2v) is 6.03. The van der Waals surface area contributed by atoms with Gasteiger partial charge in [0.2, 0.25) is 0 Å². The Kier molecular flexibility index (Phi) is 4.23. The number of aliphatic hydroxyl groups is 1. The minimum atomic E-state index is -0.776. The summed E-state index contributed by atoms with van der Waals surface area (Å²) in [4.78, 5) is 0. The van der Waals surface area contributed by atoms with Crippen LogP contribution in [-0.2, 0) is 6.54 Å². The number of hydrogen-bond acceptors (Lipinski definition) is 2. The van der Waals surface area contributed by atoms with Gasteiger partial charge in [-0.25, -0.2) is 0 Å². The molecule has 1 aromatic carbocycles. The first-order valence-electron chi connectivity index (χ1n) is 5.86. The topological polar surface area (TPSA) is 32.3 Å². The molecule has 17 heavy (non-hydrogen) atoms. The Balaban J connectivity index is 2.71. The van der Waals surface area contributed by atoms with Crippen LogP contribution in [0.4, 0.5) is 0 Å². The minimum Gasteiger partial charge on any atom is -0.389 e. The van der Waals surface area contributed by atoms with E-state index in [9.17, 15) is 5.11 Å². The van der Waals surface area contributed by atoms with Crippen LogP contribution in [0.3, 0.4) is 0 Å². The van der Waals surface area contributed by atoms with Gasteiger partial charge in [-0.3, -0.25) is 0 Å². The highest BCUT2D eigenvalue weighted by molar-refractivity contribution is 6.31. The van der Waals surface area contributed by atoms with Crippen molar-refractivity contribution in [1.29, 1.82) is 0 Å². The zero-order valence-electron chi connectivity index (χ0n) is 11.3. The number of rotatable bonds is 4. The van der Waals surface area contributed by atoms with E-state index in [1.165, 1.54) is 0 Å². The predicted molar refractivity (Wildman–Crippen MR) is 73.4 cm³/mol. The maximum Gasteiger partial charge on any atom is 0.0767 e. The molecule has 1 aromatic rings. The fourth-order valence-electron chi connectivity index (χ4n) is 1.29. The van der Waals surface area contributed by atoms with E-state index >= 15 is 0 Å². The number of benzene rings is 1. The maximum absolute atomic E-state index is 10.0. The second kappa shape index (κ2) is 4.97. The molecule has 3 heteroatoms. The van der Waals surface area contributed by atoms with E-state index in [2.05, 4.69) is 11.4 Å². The van der Waals surface area contributed by atoms with Gasteiger partial charge in [-0.1, -0.05) is 23.7 Å². The van der Waals surface area contributed by atoms with Gasteiger partial charge in [0.15, 0.2) is 0 Å². The van der Waals surface area contributed by atoms with Gasteiger partial charge in [0.05, 0.1) is 5.60 Å². The summed E-state index contributed by atoms with van der Waals surface area (Å²) in [6.45, 7) is 10.3. The van der Waals surface area contributed by atoms with Crippen LogP contribution in [0, 0.1) is 6.92 Å². The minimum absolute atomic E-state index is 0.357. The largest absolute Gasteiger partial charge is 0.389 e. The van der Waals surface area contributed by atoms with Crippen LogP contribution in [0.2, 0.25) is 5.02 Å². The first-order chi connectivity index (χ1) is 7.63. The summed E-state index contributed by atoms with van der Waals surface area (Å²) in [6.07, 6.45) is 0. The van der Waals surface area contributed by atoms with Crippen LogP contribution in [0.5, 0.6) is 0 Å². The molecule has 2 N–H and O–H groups in total. The van der Waals surface area contributed by atoms with Crippen molar-refractivity contribution >= 4 is 11.6 Å². The molecule has 96 valence electrons. The molecule has 2 nitrogen and oxygen atoms in total. The lowest BCUT2D eigenvalue weighted by Crippen LogP contribution is -2.55. The predicted octanol–water partition coefficient (Wildman–Crippen LogP) is 3.29. The van der Waals surface area contributed by atoms with E-state index < -0.39 is 5.60 Å². The highest BCUT2D eigenvalue weighted by Gasteiger charge is 2.34. The monoisotopic (exact) mass is 255 g/mol. The van der Waals surface area contributed by atoms with Crippen molar-refractivity contribution in [3.63, 3.8) is 0 Å². The summed E-state index contributed by atoms with van der Waals surface area (Å²) >= 11 is 6.08. The molecular formula is C14H22ClNO. The molecule has 0 spiro atoms. The van der Waals surface area contributed by atoms with Crippen molar-refractivity contribution in [3.8, 4) is 0 Å². The molecule has 0 aliphatic heterocycles. The second-order valence-electron chi connectivity index (χ2n) is 5.62. The molecule has 0 unspecified atom stereocenters. The molecule has 1 rings (SSSR count).